The number of benzene rings is 2. The molecule has 4 rings (SSSR count). The zero-order valence-corrected chi connectivity index (χ0v) is 18.5. The van der Waals surface area contributed by atoms with Crippen LogP contribution in [-0.4, -0.2) is 39.8 Å². The summed E-state index contributed by atoms with van der Waals surface area (Å²) in [4.78, 5) is 14.2. The predicted molar refractivity (Wildman–Crippen MR) is 119 cm³/mol. The minimum atomic E-state index is -0.458. The summed E-state index contributed by atoms with van der Waals surface area (Å²) in [6, 6.07) is 15.9. The molecule has 1 aliphatic rings. The van der Waals surface area contributed by atoms with Gasteiger partial charge < -0.3 is 14.4 Å². The molecule has 0 N–H and O–H groups in total. The number of amides is 1. The zero-order chi connectivity index (χ0) is 22.5. The molecule has 0 radical (unpaired) electrons. The lowest BCUT2D eigenvalue weighted by atomic mass is 10.1. The van der Waals surface area contributed by atoms with Gasteiger partial charge in [0.05, 0.1) is 29.6 Å². The highest BCUT2D eigenvalue weighted by Crippen LogP contribution is 2.33. The summed E-state index contributed by atoms with van der Waals surface area (Å²) in [6.45, 7) is 5.11. The fourth-order valence-electron chi connectivity index (χ4n) is 3.93. The largest absolute Gasteiger partial charge is 0.435 e. The van der Waals surface area contributed by atoms with Crippen molar-refractivity contribution in [1.82, 2.24) is 14.7 Å². The van der Waals surface area contributed by atoms with Gasteiger partial charge in [0, 0.05) is 20.1 Å². The molecule has 0 aliphatic carbocycles. The van der Waals surface area contributed by atoms with E-state index < -0.39 is 5.82 Å². The van der Waals surface area contributed by atoms with Crippen LogP contribution in [0.15, 0.2) is 54.6 Å². The van der Waals surface area contributed by atoms with Crippen molar-refractivity contribution < 1.29 is 18.7 Å². The van der Waals surface area contributed by atoms with E-state index >= 15 is 0 Å². The van der Waals surface area contributed by atoms with Crippen LogP contribution < -0.4 is 4.74 Å². The molecular formula is C25H28FN3O3. The van der Waals surface area contributed by atoms with Crippen molar-refractivity contribution in [2.24, 2.45) is 0 Å². The van der Waals surface area contributed by atoms with Crippen molar-refractivity contribution in [1.29, 1.82) is 0 Å². The predicted octanol–water partition coefficient (Wildman–Crippen LogP) is 4.89. The van der Waals surface area contributed by atoms with Gasteiger partial charge in [-0.25, -0.2) is 9.07 Å². The van der Waals surface area contributed by atoms with Gasteiger partial charge >= 0.3 is 0 Å². The molecule has 1 saturated heterocycles. The van der Waals surface area contributed by atoms with Crippen LogP contribution in [0.2, 0.25) is 0 Å². The Morgan fingerprint density at radius 1 is 1.22 bits per heavy atom. The first-order valence-electron chi connectivity index (χ1n) is 11.0. The fraction of sp³-hybridized carbons (Fsp3) is 0.360. The van der Waals surface area contributed by atoms with E-state index in [-0.39, 0.29) is 17.8 Å². The Morgan fingerprint density at radius 2 is 1.97 bits per heavy atom. The van der Waals surface area contributed by atoms with Gasteiger partial charge in [0.1, 0.15) is 0 Å². The number of carbonyl (C=O) groups is 1. The summed E-state index contributed by atoms with van der Waals surface area (Å²) in [5.74, 6) is 0.0191. The Balaban J connectivity index is 1.76. The molecule has 1 aliphatic heterocycles. The molecule has 1 aromatic heterocycles. The SMILES string of the molecule is CCc1nn(-c2ccccc2)c(Oc2ccccc2F)c1CN(C[C@@H]1CCCO1)C(C)=O. The van der Waals surface area contributed by atoms with E-state index in [0.29, 0.717) is 25.4 Å². The van der Waals surface area contributed by atoms with Crippen molar-refractivity contribution in [2.75, 3.05) is 13.2 Å². The molecule has 0 spiro atoms. The lowest BCUT2D eigenvalue weighted by molar-refractivity contribution is -0.131. The van der Waals surface area contributed by atoms with Crippen molar-refractivity contribution >= 4 is 5.91 Å². The molecule has 0 unspecified atom stereocenters. The molecule has 32 heavy (non-hydrogen) atoms. The third kappa shape index (κ3) is 4.83. The summed E-state index contributed by atoms with van der Waals surface area (Å²) < 4.78 is 28.0. The van der Waals surface area contributed by atoms with Crippen LogP contribution in [0.3, 0.4) is 0 Å². The number of carbonyl (C=O) groups excluding carboxylic acids is 1. The van der Waals surface area contributed by atoms with E-state index in [1.165, 1.54) is 6.07 Å². The molecule has 0 bridgehead atoms. The highest BCUT2D eigenvalue weighted by atomic mass is 19.1. The van der Waals surface area contributed by atoms with Crippen LogP contribution in [0, 0.1) is 5.82 Å². The van der Waals surface area contributed by atoms with Gasteiger partial charge in [-0.2, -0.15) is 5.10 Å². The Morgan fingerprint density at radius 3 is 2.62 bits per heavy atom. The number of hydrogen-bond acceptors (Lipinski definition) is 4. The number of hydrogen-bond donors (Lipinski definition) is 0. The second-order valence-corrected chi connectivity index (χ2v) is 7.90. The van der Waals surface area contributed by atoms with Gasteiger partial charge in [0.2, 0.25) is 11.8 Å². The quantitative estimate of drug-likeness (QED) is 0.503. The fourth-order valence-corrected chi connectivity index (χ4v) is 3.93. The molecule has 7 heteroatoms. The molecule has 1 fully saturated rings. The van der Waals surface area contributed by atoms with Crippen molar-refractivity contribution in [3.63, 3.8) is 0 Å². The Labute approximate surface area is 187 Å². The van der Waals surface area contributed by atoms with E-state index in [9.17, 15) is 9.18 Å². The zero-order valence-electron chi connectivity index (χ0n) is 18.5. The van der Waals surface area contributed by atoms with Gasteiger partial charge in [0.25, 0.3) is 0 Å². The summed E-state index contributed by atoms with van der Waals surface area (Å²) in [6.07, 6.45) is 2.62. The van der Waals surface area contributed by atoms with Crippen LogP contribution in [0.4, 0.5) is 4.39 Å². The standard InChI is InChI=1S/C25H28FN3O3/c1-3-23-21(17-28(18(2)30)16-20-12-9-15-31-20)25(32-24-14-8-7-13-22(24)26)29(27-23)19-10-5-4-6-11-19/h4-8,10-11,13-14,20H,3,9,12,15-17H2,1-2H3/t20-/m0/s1. The number of nitrogens with zero attached hydrogens (tertiary/aromatic N) is 3. The van der Waals surface area contributed by atoms with E-state index in [1.54, 1.807) is 34.7 Å². The van der Waals surface area contributed by atoms with E-state index in [4.69, 9.17) is 14.6 Å². The van der Waals surface area contributed by atoms with Gasteiger partial charge in [-0.3, -0.25) is 4.79 Å². The first-order valence-corrected chi connectivity index (χ1v) is 11.0. The van der Waals surface area contributed by atoms with Crippen LogP contribution in [0.1, 0.15) is 37.9 Å². The minimum Gasteiger partial charge on any atom is -0.435 e. The summed E-state index contributed by atoms with van der Waals surface area (Å²) in [7, 11) is 0. The minimum absolute atomic E-state index is 0.0316. The molecule has 1 amide bonds. The first-order chi connectivity index (χ1) is 15.6. The molecule has 1 atom stereocenters. The number of aryl methyl sites for hydroxylation is 1. The molecule has 6 nitrogen and oxygen atoms in total. The molecular weight excluding hydrogens is 409 g/mol. The molecule has 0 saturated carbocycles. The summed E-state index contributed by atoms with van der Waals surface area (Å²) >= 11 is 0. The third-order valence-electron chi connectivity index (χ3n) is 5.64. The lowest BCUT2D eigenvalue weighted by Crippen LogP contribution is -2.35. The van der Waals surface area contributed by atoms with Gasteiger partial charge in [-0.1, -0.05) is 37.3 Å². The van der Waals surface area contributed by atoms with Crippen LogP contribution >= 0.6 is 0 Å². The molecule has 168 valence electrons. The number of para-hydroxylation sites is 2. The molecule has 2 aromatic carbocycles. The van der Waals surface area contributed by atoms with Crippen LogP contribution in [0.5, 0.6) is 11.6 Å². The number of rotatable bonds is 8. The average Bonchev–Trinajstić information content (AvgIpc) is 3.43. The van der Waals surface area contributed by atoms with Crippen molar-refractivity contribution in [3.05, 3.63) is 71.7 Å². The number of aromatic nitrogens is 2. The smallest absolute Gasteiger partial charge is 0.228 e. The maximum atomic E-state index is 14.5. The second kappa shape index (κ2) is 9.96. The summed E-state index contributed by atoms with van der Waals surface area (Å²) in [5, 5.41) is 4.77. The van der Waals surface area contributed by atoms with E-state index in [2.05, 4.69) is 0 Å². The van der Waals surface area contributed by atoms with Gasteiger partial charge in [0.15, 0.2) is 11.6 Å². The van der Waals surface area contributed by atoms with E-state index in [0.717, 1.165) is 36.4 Å². The van der Waals surface area contributed by atoms with Gasteiger partial charge in [-0.05, 0) is 43.5 Å². The Hall–Kier alpha value is -3.19. The first kappa shape index (κ1) is 22.0. The Kier molecular flexibility index (Phi) is 6.85. The number of ether oxygens (including phenoxy) is 2. The average molecular weight is 438 g/mol. The highest BCUT2D eigenvalue weighted by molar-refractivity contribution is 5.73. The second-order valence-electron chi connectivity index (χ2n) is 7.90. The summed E-state index contributed by atoms with van der Waals surface area (Å²) in [5.41, 5.74) is 2.37. The van der Waals surface area contributed by atoms with Crippen LogP contribution in [-0.2, 0) is 22.5 Å². The molecule has 3 aromatic rings. The third-order valence-corrected chi connectivity index (χ3v) is 5.64. The lowest BCUT2D eigenvalue weighted by Gasteiger charge is -2.24. The van der Waals surface area contributed by atoms with Gasteiger partial charge in [-0.15, -0.1) is 0 Å². The van der Waals surface area contributed by atoms with E-state index in [1.807, 2.05) is 37.3 Å². The van der Waals surface area contributed by atoms with Crippen molar-refractivity contribution in [2.45, 2.75) is 45.8 Å². The Bertz CT molecular complexity index is 1060. The normalized spacial score (nSPS) is 15.7. The maximum absolute atomic E-state index is 14.5. The number of halogens is 1. The maximum Gasteiger partial charge on any atom is 0.228 e. The molecule has 2 heterocycles. The monoisotopic (exact) mass is 437 g/mol. The van der Waals surface area contributed by atoms with Crippen molar-refractivity contribution in [3.8, 4) is 17.3 Å². The van der Waals surface area contributed by atoms with Crippen LogP contribution in [0.25, 0.3) is 5.69 Å². The highest BCUT2D eigenvalue weighted by Gasteiger charge is 2.26. The topological polar surface area (TPSA) is 56.6 Å².